The van der Waals surface area contributed by atoms with Gasteiger partial charge in [0.15, 0.2) is 0 Å². The van der Waals surface area contributed by atoms with Crippen molar-refractivity contribution in [3.05, 3.63) is 28.8 Å². The molecule has 0 saturated carbocycles. The van der Waals surface area contributed by atoms with Crippen LogP contribution >= 0.6 is 23.2 Å². The fourth-order valence-corrected chi connectivity index (χ4v) is 2.47. The number of hydrogen-bond acceptors (Lipinski definition) is 1. The Labute approximate surface area is 118 Å². The minimum absolute atomic E-state index is 0.0170. The first-order valence-electron chi connectivity index (χ1n) is 5.56. The zero-order chi connectivity index (χ0) is 14.2. The molecule has 0 aromatic heterocycles. The van der Waals surface area contributed by atoms with Crippen molar-refractivity contribution >= 4 is 34.8 Å². The Morgan fingerprint density at radius 2 is 2.05 bits per heavy atom. The van der Waals surface area contributed by atoms with Gasteiger partial charge in [-0.1, -0.05) is 11.6 Å². The molecule has 1 aliphatic heterocycles. The minimum atomic E-state index is -4.56. The van der Waals surface area contributed by atoms with Gasteiger partial charge >= 0.3 is 6.18 Å². The molecule has 1 heterocycles. The van der Waals surface area contributed by atoms with Gasteiger partial charge in [-0.05, 0) is 24.1 Å². The maximum Gasteiger partial charge on any atom is 0.418 e. The van der Waals surface area contributed by atoms with E-state index in [2.05, 4.69) is 0 Å². The van der Waals surface area contributed by atoms with Crippen LogP contribution in [-0.2, 0) is 11.0 Å². The summed E-state index contributed by atoms with van der Waals surface area (Å²) in [6, 6.07) is 3.39. The van der Waals surface area contributed by atoms with Gasteiger partial charge in [-0.15, -0.1) is 11.6 Å². The predicted octanol–water partition coefficient (Wildman–Crippen LogP) is 3.95. The number of halogens is 5. The molecule has 0 radical (unpaired) electrons. The van der Waals surface area contributed by atoms with E-state index < -0.39 is 11.7 Å². The van der Waals surface area contributed by atoms with Gasteiger partial charge in [0, 0.05) is 23.9 Å². The lowest BCUT2D eigenvalue weighted by atomic mass is 10.1. The summed E-state index contributed by atoms with van der Waals surface area (Å²) >= 11 is 11.3. The first-order valence-corrected chi connectivity index (χ1v) is 6.47. The third kappa shape index (κ3) is 2.98. The van der Waals surface area contributed by atoms with Crippen molar-refractivity contribution in [3.8, 4) is 0 Å². The van der Waals surface area contributed by atoms with Gasteiger partial charge in [-0.25, -0.2) is 0 Å². The number of benzene rings is 1. The fourth-order valence-electron chi connectivity index (χ4n) is 2.09. The monoisotopic (exact) mass is 311 g/mol. The molecule has 1 aliphatic rings. The summed E-state index contributed by atoms with van der Waals surface area (Å²) in [5, 5.41) is -0.0170. The van der Waals surface area contributed by atoms with Gasteiger partial charge in [0.05, 0.1) is 11.3 Å². The molecule has 1 saturated heterocycles. The Balaban J connectivity index is 2.43. The summed E-state index contributed by atoms with van der Waals surface area (Å²) in [6.07, 6.45) is -4.39. The van der Waals surface area contributed by atoms with Gasteiger partial charge in [0.1, 0.15) is 0 Å². The fraction of sp³-hybridized carbons (Fsp3) is 0.417. The molecule has 0 spiro atoms. The first kappa shape index (κ1) is 14.5. The molecule has 1 aromatic carbocycles. The number of alkyl halides is 4. The summed E-state index contributed by atoms with van der Waals surface area (Å²) < 4.78 is 38.9. The van der Waals surface area contributed by atoms with Crippen LogP contribution in [0, 0.1) is 5.92 Å². The van der Waals surface area contributed by atoms with Crippen LogP contribution in [0.2, 0.25) is 5.02 Å². The first-order chi connectivity index (χ1) is 8.82. The van der Waals surface area contributed by atoms with E-state index >= 15 is 0 Å². The predicted molar refractivity (Wildman–Crippen MR) is 67.6 cm³/mol. The minimum Gasteiger partial charge on any atom is -0.311 e. The van der Waals surface area contributed by atoms with Gasteiger partial charge in [-0.3, -0.25) is 4.79 Å². The molecule has 0 aliphatic carbocycles. The molecule has 2 rings (SSSR count). The van der Waals surface area contributed by atoms with Crippen LogP contribution in [0.15, 0.2) is 18.2 Å². The molecular weight excluding hydrogens is 302 g/mol. The standard InChI is InChI=1S/C12H10Cl2F3NO/c13-5-7-3-11(19)18(6-7)10-2-1-8(14)4-9(10)12(15,16)17/h1-2,4,7H,3,5-6H2. The summed E-state index contributed by atoms with van der Waals surface area (Å²) in [4.78, 5) is 12.9. The van der Waals surface area contributed by atoms with E-state index in [0.29, 0.717) is 0 Å². The van der Waals surface area contributed by atoms with Crippen molar-refractivity contribution in [2.45, 2.75) is 12.6 Å². The highest BCUT2D eigenvalue weighted by Crippen LogP contribution is 2.40. The molecule has 0 bridgehead atoms. The van der Waals surface area contributed by atoms with E-state index in [1.165, 1.54) is 12.1 Å². The zero-order valence-corrected chi connectivity index (χ0v) is 11.2. The number of carbonyl (C=O) groups excluding carboxylic acids is 1. The smallest absolute Gasteiger partial charge is 0.311 e. The second-order valence-corrected chi connectivity index (χ2v) is 5.13. The van der Waals surface area contributed by atoms with Gasteiger partial charge in [-0.2, -0.15) is 13.2 Å². The van der Waals surface area contributed by atoms with E-state index in [-0.39, 0.29) is 41.4 Å². The van der Waals surface area contributed by atoms with Crippen LogP contribution in [0.25, 0.3) is 0 Å². The van der Waals surface area contributed by atoms with Crippen molar-refractivity contribution < 1.29 is 18.0 Å². The molecule has 104 valence electrons. The van der Waals surface area contributed by atoms with Crippen LogP contribution in [0.1, 0.15) is 12.0 Å². The molecule has 0 N–H and O–H groups in total. The number of anilines is 1. The van der Waals surface area contributed by atoms with Crippen LogP contribution < -0.4 is 4.90 Å². The topological polar surface area (TPSA) is 20.3 Å². The molecule has 2 nitrogen and oxygen atoms in total. The van der Waals surface area contributed by atoms with Crippen LogP contribution in [0.4, 0.5) is 18.9 Å². The number of carbonyl (C=O) groups is 1. The van der Waals surface area contributed by atoms with E-state index in [4.69, 9.17) is 23.2 Å². The number of nitrogens with zero attached hydrogens (tertiary/aromatic N) is 1. The summed E-state index contributed by atoms with van der Waals surface area (Å²) in [5.74, 6) is -0.221. The number of hydrogen-bond donors (Lipinski definition) is 0. The maximum absolute atomic E-state index is 13.0. The van der Waals surface area contributed by atoms with Crippen LogP contribution in [0.5, 0.6) is 0 Å². The Morgan fingerprint density at radius 3 is 2.58 bits per heavy atom. The molecule has 1 atom stereocenters. The Bertz CT molecular complexity index is 504. The SMILES string of the molecule is O=C1CC(CCl)CN1c1ccc(Cl)cc1C(F)(F)F. The van der Waals surface area contributed by atoms with Gasteiger partial charge in [0.25, 0.3) is 0 Å². The molecule has 19 heavy (non-hydrogen) atoms. The molecule has 1 fully saturated rings. The zero-order valence-electron chi connectivity index (χ0n) is 9.68. The molecule has 1 unspecified atom stereocenters. The van der Waals surface area contributed by atoms with Gasteiger partial charge in [0.2, 0.25) is 5.91 Å². The van der Waals surface area contributed by atoms with Gasteiger partial charge < -0.3 is 4.90 Å². The van der Waals surface area contributed by atoms with Crippen molar-refractivity contribution in [2.24, 2.45) is 5.92 Å². The van der Waals surface area contributed by atoms with E-state index in [1.54, 1.807) is 0 Å². The van der Waals surface area contributed by atoms with Crippen molar-refractivity contribution in [1.82, 2.24) is 0 Å². The average molecular weight is 312 g/mol. The summed E-state index contributed by atoms with van der Waals surface area (Å²) in [5.41, 5.74) is -1.06. The highest BCUT2D eigenvalue weighted by Gasteiger charge is 2.39. The molecule has 7 heteroatoms. The van der Waals surface area contributed by atoms with Crippen LogP contribution in [-0.4, -0.2) is 18.3 Å². The third-order valence-electron chi connectivity index (χ3n) is 2.98. The molecule has 1 aromatic rings. The Hall–Kier alpha value is -0.940. The average Bonchev–Trinajstić information content (AvgIpc) is 2.69. The largest absolute Gasteiger partial charge is 0.418 e. The Kier molecular flexibility index (Phi) is 3.97. The lowest BCUT2D eigenvalue weighted by molar-refractivity contribution is -0.137. The maximum atomic E-state index is 13.0. The highest BCUT2D eigenvalue weighted by molar-refractivity contribution is 6.30. The highest BCUT2D eigenvalue weighted by atomic mass is 35.5. The van der Waals surface area contributed by atoms with E-state index in [1.807, 2.05) is 0 Å². The summed E-state index contributed by atoms with van der Waals surface area (Å²) in [7, 11) is 0. The molecular formula is C12H10Cl2F3NO. The number of rotatable bonds is 2. The van der Waals surface area contributed by atoms with Crippen LogP contribution in [0.3, 0.4) is 0 Å². The van der Waals surface area contributed by atoms with Crippen molar-refractivity contribution in [2.75, 3.05) is 17.3 Å². The van der Waals surface area contributed by atoms with Crippen molar-refractivity contribution in [3.63, 3.8) is 0 Å². The Morgan fingerprint density at radius 1 is 1.37 bits per heavy atom. The third-order valence-corrected chi connectivity index (χ3v) is 3.65. The summed E-state index contributed by atoms with van der Waals surface area (Å²) in [6.45, 7) is 0.201. The second kappa shape index (κ2) is 5.21. The normalized spacial score (nSPS) is 20.2. The lowest BCUT2D eigenvalue weighted by Crippen LogP contribution is -2.27. The lowest BCUT2D eigenvalue weighted by Gasteiger charge is -2.21. The van der Waals surface area contributed by atoms with Crippen molar-refractivity contribution in [1.29, 1.82) is 0 Å². The number of amides is 1. The van der Waals surface area contributed by atoms with E-state index in [0.717, 1.165) is 11.0 Å². The second-order valence-electron chi connectivity index (χ2n) is 4.39. The quantitative estimate of drug-likeness (QED) is 0.757. The van der Waals surface area contributed by atoms with E-state index in [9.17, 15) is 18.0 Å². The molecule has 1 amide bonds.